The molecule has 2 aromatic rings. The van der Waals surface area contributed by atoms with E-state index in [1.807, 2.05) is 12.1 Å². The number of nitrogens with one attached hydrogen (secondary N) is 2. The van der Waals surface area contributed by atoms with E-state index < -0.39 is 0 Å². The average Bonchev–Trinajstić information content (AvgIpc) is 2.97. The molecule has 0 unspecified atom stereocenters. The van der Waals surface area contributed by atoms with Gasteiger partial charge in [0.1, 0.15) is 0 Å². The highest BCUT2D eigenvalue weighted by Crippen LogP contribution is 2.29. The number of nitrogens with zero attached hydrogens (tertiary/aromatic N) is 3. The molecule has 0 amide bonds. The lowest BCUT2D eigenvalue weighted by molar-refractivity contribution is 0.480. The summed E-state index contributed by atoms with van der Waals surface area (Å²) in [4.78, 5) is 7.74. The second-order valence-electron chi connectivity index (χ2n) is 4.39. The van der Waals surface area contributed by atoms with E-state index in [-0.39, 0.29) is 0 Å². The third-order valence-electron chi connectivity index (χ3n) is 2.93. The van der Waals surface area contributed by atoms with Crippen LogP contribution in [0.4, 0.5) is 5.95 Å². The van der Waals surface area contributed by atoms with Gasteiger partial charge in [0.2, 0.25) is 5.95 Å². The highest BCUT2D eigenvalue weighted by Gasteiger charge is 2.19. The van der Waals surface area contributed by atoms with Crippen LogP contribution < -0.4 is 10.2 Å². The maximum atomic E-state index is 5.92. The summed E-state index contributed by atoms with van der Waals surface area (Å²) in [5.41, 5.74) is 0. The van der Waals surface area contributed by atoms with Gasteiger partial charge < -0.3 is 10.2 Å². The Labute approximate surface area is 114 Å². The number of H-pyrrole nitrogens is 1. The quantitative estimate of drug-likeness (QED) is 0.885. The fourth-order valence-corrected chi connectivity index (χ4v) is 3.04. The van der Waals surface area contributed by atoms with Crippen LogP contribution in [0, 0.1) is 0 Å². The lowest BCUT2D eigenvalue weighted by Gasteiger charge is -2.30. The normalized spacial score (nSPS) is 20.3. The number of halogens is 1. The topological polar surface area (TPSA) is 56.8 Å². The zero-order valence-corrected chi connectivity index (χ0v) is 11.6. The number of anilines is 1. The van der Waals surface area contributed by atoms with Crippen molar-refractivity contribution < 1.29 is 0 Å². The third-order valence-corrected chi connectivity index (χ3v) is 4.17. The van der Waals surface area contributed by atoms with Crippen molar-refractivity contribution in [3.05, 3.63) is 16.5 Å². The molecular formula is C11H14ClN5S. The highest BCUT2D eigenvalue weighted by atomic mass is 35.5. The first-order valence-electron chi connectivity index (χ1n) is 5.89. The second kappa shape index (κ2) is 4.87. The van der Waals surface area contributed by atoms with Gasteiger partial charge in [0, 0.05) is 25.7 Å². The SMILES string of the molecule is C[C@H]1CN(c2n[nH]c(-c3ccc(Cl)s3)n2)CCN1. The monoisotopic (exact) mass is 283 g/mol. The molecule has 5 nitrogen and oxygen atoms in total. The average molecular weight is 284 g/mol. The molecule has 1 aliphatic heterocycles. The molecule has 0 aliphatic carbocycles. The Balaban J connectivity index is 1.80. The number of piperazine rings is 1. The van der Waals surface area contributed by atoms with Gasteiger partial charge in [-0.1, -0.05) is 11.6 Å². The highest BCUT2D eigenvalue weighted by molar-refractivity contribution is 7.19. The van der Waals surface area contributed by atoms with Gasteiger partial charge in [-0.25, -0.2) is 0 Å². The maximum Gasteiger partial charge on any atom is 0.245 e. The predicted molar refractivity (Wildman–Crippen MR) is 74.4 cm³/mol. The number of aromatic nitrogens is 3. The number of aromatic amines is 1. The van der Waals surface area contributed by atoms with Crippen LogP contribution in [0.25, 0.3) is 10.7 Å². The van der Waals surface area contributed by atoms with E-state index in [1.54, 1.807) is 0 Å². The molecule has 3 rings (SSSR count). The zero-order chi connectivity index (χ0) is 12.5. The third kappa shape index (κ3) is 2.36. The van der Waals surface area contributed by atoms with Gasteiger partial charge in [-0.2, -0.15) is 4.98 Å². The molecule has 96 valence electrons. The van der Waals surface area contributed by atoms with Gasteiger partial charge in [-0.05, 0) is 19.1 Å². The molecule has 0 saturated carbocycles. The summed E-state index contributed by atoms with van der Waals surface area (Å²) in [6, 6.07) is 4.30. The van der Waals surface area contributed by atoms with Crippen LogP contribution in [0.3, 0.4) is 0 Å². The fourth-order valence-electron chi connectivity index (χ4n) is 2.06. The van der Waals surface area contributed by atoms with E-state index >= 15 is 0 Å². The van der Waals surface area contributed by atoms with Crippen molar-refractivity contribution in [2.75, 3.05) is 24.5 Å². The molecule has 1 saturated heterocycles. The van der Waals surface area contributed by atoms with Crippen molar-refractivity contribution in [2.45, 2.75) is 13.0 Å². The van der Waals surface area contributed by atoms with Crippen LogP contribution in [-0.2, 0) is 0 Å². The molecular weight excluding hydrogens is 270 g/mol. The Morgan fingerprint density at radius 3 is 3.11 bits per heavy atom. The minimum Gasteiger partial charge on any atom is -0.337 e. The number of hydrogen-bond acceptors (Lipinski definition) is 5. The predicted octanol–water partition coefficient (Wildman–Crippen LogP) is 1.98. The molecule has 1 atom stereocenters. The smallest absolute Gasteiger partial charge is 0.245 e. The molecule has 2 N–H and O–H groups in total. The molecule has 1 aliphatic rings. The summed E-state index contributed by atoms with van der Waals surface area (Å²) in [5, 5.41) is 10.7. The Hall–Kier alpha value is -1.11. The van der Waals surface area contributed by atoms with E-state index in [0.29, 0.717) is 6.04 Å². The summed E-state index contributed by atoms with van der Waals surface area (Å²) in [5.74, 6) is 1.55. The van der Waals surface area contributed by atoms with Crippen molar-refractivity contribution in [3.63, 3.8) is 0 Å². The van der Waals surface area contributed by atoms with E-state index in [1.165, 1.54) is 11.3 Å². The second-order valence-corrected chi connectivity index (χ2v) is 6.10. The van der Waals surface area contributed by atoms with E-state index in [2.05, 4.69) is 32.3 Å². The summed E-state index contributed by atoms with van der Waals surface area (Å²) in [6.45, 7) is 5.00. The van der Waals surface area contributed by atoms with E-state index in [0.717, 1.165) is 40.6 Å². The van der Waals surface area contributed by atoms with E-state index in [4.69, 9.17) is 11.6 Å². The first kappa shape index (κ1) is 12.0. The molecule has 0 bridgehead atoms. The van der Waals surface area contributed by atoms with Crippen LogP contribution >= 0.6 is 22.9 Å². The number of hydrogen-bond donors (Lipinski definition) is 2. The summed E-state index contributed by atoms with van der Waals surface area (Å²) < 4.78 is 0.763. The first-order chi connectivity index (χ1) is 8.72. The molecule has 3 heterocycles. The minimum atomic E-state index is 0.469. The molecule has 0 radical (unpaired) electrons. The maximum absolute atomic E-state index is 5.92. The van der Waals surface area contributed by atoms with Crippen molar-refractivity contribution >= 4 is 28.9 Å². The van der Waals surface area contributed by atoms with E-state index in [9.17, 15) is 0 Å². The van der Waals surface area contributed by atoms with Crippen LogP contribution in [0.15, 0.2) is 12.1 Å². The molecule has 0 aromatic carbocycles. The standard InChI is InChI=1S/C11H14ClN5S/c1-7-6-17(5-4-13-7)11-14-10(15-16-11)8-2-3-9(12)18-8/h2-3,7,13H,4-6H2,1H3,(H,14,15,16)/t7-/m0/s1. The number of thiophene rings is 1. The van der Waals surface area contributed by atoms with Crippen LogP contribution in [0.5, 0.6) is 0 Å². The Bertz CT molecular complexity index is 537. The Morgan fingerprint density at radius 2 is 2.39 bits per heavy atom. The number of rotatable bonds is 2. The molecule has 2 aromatic heterocycles. The fraction of sp³-hybridized carbons (Fsp3) is 0.455. The molecule has 7 heteroatoms. The largest absolute Gasteiger partial charge is 0.337 e. The van der Waals surface area contributed by atoms with Gasteiger partial charge in [0.25, 0.3) is 0 Å². The Kier molecular flexibility index (Phi) is 3.23. The molecule has 18 heavy (non-hydrogen) atoms. The van der Waals surface area contributed by atoms with Gasteiger partial charge in [0.15, 0.2) is 5.82 Å². The summed E-state index contributed by atoms with van der Waals surface area (Å²) in [7, 11) is 0. The van der Waals surface area contributed by atoms with Crippen molar-refractivity contribution in [1.29, 1.82) is 0 Å². The van der Waals surface area contributed by atoms with Gasteiger partial charge in [-0.15, -0.1) is 16.4 Å². The van der Waals surface area contributed by atoms with Crippen molar-refractivity contribution in [1.82, 2.24) is 20.5 Å². The van der Waals surface area contributed by atoms with Gasteiger partial charge in [-0.3, -0.25) is 5.10 Å². The zero-order valence-electron chi connectivity index (χ0n) is 9.98. The molecule has 0 spiro atoms. The van der Waals surface area contributed by atoms with Gasteiger partial charge in [0.05, 0.1) is 9.21 Å². The van der Waals surface area contributed by atoms with Crippen LogP contribution in [-0.4, -0.2) is 40.9 Å². The van der Waals surface area contributed by atoms with Crippen molar-refractivity contribution in [2.24, 2.45) is 0 Å². The van der Waals surface area contributed by atoms with Crippen molar-refractivity contribution in [3.8, 4) is 10.7 Å². The minimum absolute atomic E-state index is 0.469. The summed E-state index contributed by atoms with van der Waals surface area (Å²) >= 11 is 7.42. The Morgan fingerprint density at radius 1 is 1.50 bits per heavy atom. The lowest BCUT2D eigenvalue weighted by Crippen LogP contribution is -2.49. The lowest BCUT2D eigenvalue weighted by atomic mass is 10.2. The summed E-state index contributed by atoms with van der Waals surface area (Å²) in [6.07, 6.45) is 0. The first-order valence-corrected chi connectivity index (χ1v) is 7.08. The van der Waals surface area contributed by atoms with Crippen LogP contribution in [0.2, 0.25) is 4.34 Å². The van der Waals surface area contributed by atoms with Gasteiger partial charge >= 0.3 is 0 Å². The molecule has 1 fully saturated rings. The van der Waals surface area contributed by atoms with Crippen LogP contribution in [0.1, 0.15) is 6.92 Å².